The van der Waals surface area contributed by atoms with Gasteiger partial charge in [-0.25, -0.2) is 17.5 Å². The molecule has 2 aromatic rings. The predicted molar refractivity (Wildman–Crippen MR) is 78.2 cm³/mol. The Balaban J connectivity index is 2.17. The van der Waals surface area contributed by atoms with E-state index in [9.17, 15) is 21.6 Å². The van der Waals surface area contributed by atoms with E-state index in [1.54, 1.807) is 13.0 Å². The van der Waals surface area contributed by atoms with Gasteiger partial charge in [-0.05, 0) is 48.9 Å². The topological polar surface area (TPSA) is 55.4 Å². The molecule has 0 radical (unpaired) electrons. The minimum absolute atomic E-state index is 0.0645. The van der Waals surface area contributed by atoms with Gasteiger partial charge in [0.2, 0.25) is 10.0 Å². The summed E-state index contributed by atoms with van der Waals surface area (Å²) >= 11 is 0. The average molecular weight is 345 g/mol. The highest BCUT2D eigenvalue weighted by Gasteiger charge is 2.19. The van der Waals surface area contributed by atoms with Crippen LogP contribution < -0.4 is 9.46 Å². The van der Waals surface area contributed by atoms with E-state index in [-0.39, 0.29) is 10.6 Å². The molecule has 1 N–H and O–H groups in total. The number of sulfonamides is 1. The zero-order chi connectivity index (χ0) is 17.0. The number of alkyl halides is 2. The molecule has 0 unspecified atom stereocenters. The molecule has 0 saturated heterocycles. The van der Waals surface area contributed by atoms with Crippen LogP contribution in [0, 0.1) is 5.82 Å². The van der Waals surface area contributed by atoms with Gasteiger partial charge in [0.25, 0.3) is 0 Å². The Labute approximate surface area is 132 Å². The third-order valence-electron chi connectivity index (χ3n) is 3.04. The average Bonchev–Trinajstić information content (AvgIpc) is 2.47. The number of hydrogen-bond donors (Lipinski definition) is 1. The van der Waals surface area contributed by atoms with Crippen LogP contribution in [0.5, 0.6) is 5.75 Å². The van der Waals surface area contributed by atoms with Gasteiger partial charge < -0.3 is 4.74 Å². The van der Waals surface area contributed by atoms with Crippen LogP contribution in [0.1, 0.15) is 18.5 Å². The molecule has 0 spiro atoms. The highest BCUT2D eigenvalue weighted by atomic mass is 32.2. The van der Waals surface area contributed by atoms with Gasteiger partial charge in [0.05, 0.1) is 4.90 Å². The van der Waals surface area contributed by atoms with Crippen molar-refractivity contribution in [3.63, 3.8) is 0 Å². The summed E-state index contributed by atoms with van der Waals surface area (Å²) in [7, 11) is -3.87. The summed E-state index contributed by atoms with van der Waals surface area (Å²) in [5.41, 5.74) is 0.453. The molecule has 4 nitrogen and oxygen atoms in total. The standard InChI is InChI=1S/C15H14F3NO3S/c1-10(11-3-2-4-13(9-11)22-15(17)18)19-23(20,21)14-7-5-12(16)6-8-14/h2-10,15,19H,1H3/t10-/m0/s1. The minimum atomic E-state index is -3.87. The molecular weight excluding hydrogens is 331 g/mol. The third kappa shape index (κ3) is 4.70. The lowest BCUT2D eigenvalue weighted by molar-refractivity contribution is -0.0499. The molecule has 1 atom stereocenters. The summed E-state index contributed by atoms with van der Waals surface area (Å²) in [6.07, 6.45) is 0. The fourth-order valence-corrected chi connectivity index (χ4v) is 3.17. The number of rotatable bonds is 6. The Kier molecular flexibility index (Phi) is 5.27. The van der Waals surface area contributed by atoms with Crippen molar-refractivity contribution in [2.75, 3.05) is 0 Å². The van der Waals surface area contributed by atoms with E-state index in [2.05, 4.69) is 9.46 Å². The molecule has 23 heavy (non-hydrogen) atoms. The van der Waals surface area contributed by atoms with E-state index in [0.29, 0.717) is 5.56 Å². The molecule has 2 aromatic carbocycles. The molecule has 0 aliphatic carbocycles. The smallest absolute Gasteiger partial charge is 0.387 e. The van der Waals surface area contributed by atoms with Crippen LogP contribution in [-0.4, -0.2) is 15.0 Å². The fraction of sp³-hybridized carbons (Fsp3) is 0.200. The predicted octanol–water partition coefficient (Wildman–Crippen LogP) is 3.47. The molecule has 0 saturated carbocycles. The molecule has 0 heterocycles. The van der Waals surface area contributed by atoms with E-state index in [1.807, 2.05) is 0 Å². The second-order valence-electron chi connectivity index (χ2n) is 4.75. The Hall–Kier alpha value is -2.06. The summed E-state index contributed by atoms with van der Waals surface area (Å²) in [5, 5.41) is 0. The highest BCUT2D eigenvalue weighted by Crippen LogP contribution is 2.22. The van der Waals surface area contributed by atoms with Crippen LogP contribution in [0.4, 0.5) is 13.2 Å². The first kappa shape index (κ1) is 17.3. The maximum absolute atomic E-state index is 12.9. The zero-order valence-electron chi connectivity index (χ0n) is 12.0. The van der Waals surface area contributed by atoms with Crippen LogP contribution in [0.15, 0.2) is 53.4 Å². The molecule has 124 valence electrons. The van der Waals surface area contributed by atoms with Crippen molar-refractivity contribution in [2.24, 2.45) is 0 Å². The van der Waals surface area contributed by atoms with E-state index in [1.165, 1.54) is 18.2 Å². The Morgan fingerprint density at radius 2 is 1.74 bits per heavy atom. The minimum Gasteiger partial charge on any atom is -0.435 e. The number of hydrogen-bond acceptors (Lipinski definition) is 3. The zero-order valence-corrected chi connectivity index (χ0v) is 12.9. The largest absolute Gasteiger partial charge is 0.435 e. The number of halogens is 3. The summed E-state index contributed by atoms with van der Waals surface area (Å²) in [6, 6.07) is 9.40. The van der Waals surface area contributed by atoms with E-state index in [0.717, 1.165) is 24.3 Å². The van der Waals surface area contributed by atoms with E-state index >= 15 is 0 Å². The molecule has 0 aliphatic rings. The first-order valence-electron chi connectivity index (χ1n) is 6.60. The van der Waals surface area contributed by atoms with Gasteiger partial charge in [-0.1, -0.05) is 12.1 Å². The maximum atomic E-state index is 12.9. The maximum Gasteiger partial charge on any atom is 0.387 e. The fourth-order valence-electron chi connectivity index (χ4n) is 1.94. The van der Waals surface area contributed by atoms with Gasteiger partial charge in [0, 0.05) is 6.04 Å². The lowest BCUT2D eigenvalue weighted by Crippen LogP contribution is -2.26. The SMILES string of the molecule is C[C@H](NS(=O)(=O)c1ccc(F)cc1)c1cccc(OC(F)F)c1. The van der Waals surface area contributed by atoms with Crippen molar-refractivity contribution in [3.05, 3.63) is 59.9 Å². The summed E-state index contributed by atoms with van der Waals surface area (Å²) in [4.78, 5) is -0.0919. The Morgan fingerprint density at radius 1 is 1.09 bits per heavy atom. The summed E-state index contributed by atoms with van der Waals surface area (Å²) in [5.74, 6) is -0.612. The molecule has 0 amide bonds. The van der Waals surface area contributed by atoms with Crippen LogP contribution in [-0.2, 0) is 10.0 Å². The van der Waals surface area contributed by atoms with Crippen LogP contribution in [0.3, 0.4) is 0 Å². The van der Waals surface area contributed by atoms with Crippen LogP contribution in [0.2, 0.25) is 0 Å². The normalized spacial score (nSPS) is 13.1. The van der Waals surface area contributed by atoms with Gasteiger partial charge >= 0.3 is 6.61 Å². The number of benzene rings is 2. The third-order valence-corrected chi connectivity index (χ3v) is 4.60. The monoisotopic (exact) mass is 345 g/mol. The number of ether oxygens (including phenoxy) is 1. The summed E-state index contributed by atoms with van der Waals surface area (Å²) in [6.45, 7) is -1.40. The molecule has 0 bridgehead atoms. The molecule has 0 aliphatic heterocycles. The molecule has 8 heteroatoms. The molecule has 0 aromatic heterocycles. The van der Waals surface area contributed by atoms with E-state index < -0.39 is 28.5 Å². The second-order valence-corrected chi connectivity index (χ2v) is 6.46. The number of nitrogens with one attached hydrogen (secondary N) is 1. The van der Waals surface area contributed by atoms with Gasteiger partial charge in [0.15, 0.2) is 0 Å². The van der Waals surface area contributed by atoms with Gasteiger partial charge in [-0.3, -0.25) is 0 Å². The van der Waals surface area contributed by atoms with Crippen molar-refractivity contribution < 1.29 is 26.3 Å². The first-order chi connectivity index (χ1) is 10.8. The van der Waals surface area contributed by atoms with Crippen molar-refractivity contribution in [1.29, 1.82) is 0 Å². The first-order valence-corrected chi connectivity index (χ1v) is 8.09. The summed E-state index contributed by atoms with van der Waals surface area (Å²) < 4.78 is 68.4. The van der Waals surface area contributed by atoms with Crippen molar-refractivity contribution >= 4 is 10.0 Å². The highest BCUT2D eigenvalue weighted by molar-refractivity contribution is 7.89. The van der Waals surface area contributed by atoms with Gasteiger partial charge in [0.1, 0.15) is 11.6 Å². The molecule has 2 rings (SSSR count). The van der Waals surface area contributed by atoms with E-state index in [4.69, 9.17) is 0 Å². The second kappa shape index (κ2) is 7.01. The van der Waals surface area contributed by atoms with Crippen LogP contribution in [0.25, 0.3) is 0 Å². The van der Waals surface area contributed by atoms with Crippen LogP contribution >= 0.6 is 0 Å². The van der Waals surface area contributed by atoms with Crippen molar-refractivity contribution in [2.45, 2.75) is 24.5 Å². The van der Waals surface area contributed by atoms with Gasteiger partial charge in [-0.15, -0.1) is 0 Å². The Morgan fingerprint density at radius 3 is 2.35 bits per heavy atom. The van der Waals surface area contributed by atoms with Gasteiger partial charge in [-0.2, -0.15) is 8.78 Å². The lowest BCUT2D eigenvalue weighted by Gasteiger charge is -2.16. The quantitative estimate of drug-likeness (QED) is 0.872. The van der Waals surface area contributed by atoms with Crippen molar-refractivity contribution in [1.82, 2.24) is 4.72 Å². The van der Waals surface area contributed by atoms with Crippen molar-refractivity contribution in [3.8, 4) is 5.75 Å². The lowest BCUT2D eigenvalue weighted by atomic mass is 10.1. The molecule has 0 fully saturated rings. The molecular formula is C15H14F3NO3S. The Bertz CT molecular complexity index is 764.